The Kier molecular flexibility index (Phi) is 4.78. The van der Waals surface area contributed by atoms with Gasteiger partial charge in [-0.1, -0.05) is 0 Å². The van der Waals surface area contributed by atoms with Crippen molar-refractivity contribution in [3.63, 3.8) is 0 Å². The molecular formula is C10H12ClF3N2O2. The van der Waals surface area contributed by atoms with Crippen molar-refractivity contribution in [3.05, 3.63) is 23.4 Å². The van der Waals surface area contributed by atoms with Crippen LogP contribution in [0.2, 0.25) is 0 Å². The second-order valence-electron chi connectivity index (χ2n) is 3.69. The normalized spacial score (nSPS) is 15.4. The second kappa shape index (κ2) is 5.73. The molecule has 0 amide bonds. The van der Waals surface area contributed by atoms with Crippen molar-refractivity contribution in [3.8, 4) is 0 Å². The predicted octanol–water partition coefficient (Wildman–Crippen LogP) is 1.71. The molecule has 0 aromatic carbocycles. The maximum Gasteiger partial charge on any atom is 0.419 e. The highest BCUT2D eigenvalue weighted by Crippen LogP contribution is 2.34. The van der Waals surface area contributed by atoms with Crippen LogP contribution in [0.4, 0.5) is 19.0 Å². The Hall–Kier alpha value is -1.05. The van der Waals surface area contributed by atoms with Gasteiger partial charge >= 0.3 is 6.18 Å². The smallest absolute Gasteiger partial charge is 0.390 e. The lowest BCUT2D eigenvalue weighted by atomic mass is 10.0. The van der Waals surface area contributed by atoms with Crippen molar-refractivity contribution in [2.75, 3.05) is 11.6 Å². The molecule has 0 radical (unpaired) electrons. The number of alkyl halides is 4. The molecule has 0 aliphatic carbocycles. The minimum Gasteiger partial charge on any atom is -0.390 e. The molecule has 0 aliphatic heterocycles. The summed E-state index contributed by atoms with van der Waals surface area (Å²) in [5, 5.41) is 19.1. The first kappa shape index (κ1) is 15.0. The Bertz CT molecular complexity index is 415. The molecule has 8 heteroatoms. The third kappa shape index (κ3) is 3.47. The quantitative estimate of drug-likeness (QED) is 0.735. The van der Waals surface area contributed by atoms with Crippen LogP contribution in [0.25, 0.3) is 0 Å². The van der Waals surface area contributed by atoms with Gasteiger partial charge in [0.15, 0.2) is 0 Å². The van der Waals surface area contributed by atoms with E-state index in [0.29, 0.717) is 6.07 Å². The number of hydrogen-bond acceptors (Lipinski definition) is 4. The largest absolute Gasteiger partial charge is 0.419 e. The van der Waals surface area contributed by atoms with Gasteiger partial charge in [-0.15, -0.1) is 11.6 Å². The third-order valence-corrected chi connectivity index (χ3v) is 2.57. The first-order valence-electron chi connectivity index (χ1n) is 5.02. The number of aromatic nitrogens is 1. The van der Waals surface area contributed by atoms with Gasteiger partial charge < -0.3 is 15.9 Å². The maximum atomic E-state index is 12.6. The first-order chi connectivity index (χ1) is 8.27. The summed E-state index contributed by atoms with van der Waals surface area (Å²) in [7, 11) is 0. The molecule has 0 saturated carbocycles. The molecular weight excluding hydrogens is 273 g/mol. The number of anilines is 1. The minimum atomic E-state index is -4.66. The molecule has 1 aromatic heterocycles. The molecule has 0 saturated heterocycles. The lowest BCUT2D eigenvalue weighted by Crippen LogP contribution is -2.20. The van der Waals surface area contributed by atoms with E-state index >= 15 is 0 Å². The number of aliphatic hydroxyl groups is 2. The highest BCUT2D eigenvalue weighted by molar-refractivity contribution is 6.17. The summed E-state index contributed by atoms with van der Waals surface area (Å²) >= 11 is 5.37. The summed E-state index contributed by atoms with van der Waals surface area (Å²) in [5.41, 5.74) is 3.81. The molecule has 102 valence electrons. The number of aliphatic hydroxyl groups excluding tert-OH is 2. The van der Waals surface area contributed by atoms with Crippen LogP contribution in [-0.2, 0) is 6.18 Å². The van der Waals surface area contributed by atoms with E-state index in [-0.39, 0.29) is 17.9 Å². The van der Waals surface area contributed by atoms with Crippen molar-refractivity contribution in [2.24, 2.45) is 0 Å². The zero-order valence-corrected chi connectivity index (χ0v) is 9.91. The summed E-state index contributed by atoms with van der Waals surface area (Å²) in [5.74, 6) is -0.600. The molecule has 0 spiro atoms. The van der Waals surface area contributed by atoms with Gasteiger partial charge in [0.25, 0.3) is 0 Å². The van der Waals surface area contributed by atoms with Crippen molar-refractivity contribution < 1.29 is 23.4 Å². The molecule has 2 unspecified atom stereocenters. The molecule has 0 aliphatic rings. The summed E-state index contributed by atoms with van der Waals surface area (Å²) in [6.07, 6.45) is -6.36. The van der Waals surface area contributed by atoms with Gasteiger partial charge in [-0.25, -0.2) is 4.98 Å². The van der Waals surface area contributed by atoms with E-state index < -0.39 is 29.8 Å². The Labute approximate surface area is 106 Å². The zero-order valence-electron chi connectivity index (χ0n) is 9.15. The average molecular weight is 285 g/mol. The van der Waals surface area contributed by atoms with Crippen LogP contribution in [0.5, 0.6) is 0 Å². The summed E-state index contributed by atoms with van der Waals surface area (Å²) in [4.78, 5) is 3.36. The molecule has 2 atom stereocenters. The van der Waals surface area contributed by atoms with E-state index in [9.17, 15) is 23.4 Å². The fourth-order valence-corrected chi connectivity index (χ4v) is 1.60. The van der Waals surface area contributed by atoms with Gasteiger partial charge in [-0.05, 0) is 12.5 Å². The molecule has 1 rings (SSSR count). The Morgan fingerprint density at radius 1 is 1.39 bits per heavy atom. The maximum absolute atomic E-state index is 12.6. The zero-order chi connectivity index (χ0) is 13.9. The summed E-state index contributed by atoms with van der Waals surface area (Å²) in [6, 6.07) is 0.671. The van der Waals surface area contributed by atoms with Crippen molar-refractivity contribution >= 4 is 17.4 Å². The Morgan fingerprint density at radius 2 is 2.00 bits per heavy atom. The van der Waals surface area contributed by atoms with Crippen LogP contribution in [0.1, 0.15) is 23.7 Å². The van der Waals surface area contributed by atoms with E-state index in [4.69, 9.17) is 17.3 Å². The molecule has 18 heavy (non-hydrogen) atoms. The molecule has 1 heterocycles. The number of halogens is 4. The highest BCUT2D eigenvalue weighted by Gasteiger charge is 2.34. The van der Waals surface area contributed by atoms with Crippen LogP contribution in [0.15, 0.2) is 12.3 Å². The number of hydrogen-bond donors (Lipinski definition) is 3. The SMILES string of the molecule is Nc1ncc(C(O)C(O)CCCl)cc1C(F)(F)F. The Balaban J connectivity index is 3.05. The van der Waals surface area contributed by atoms with Gasteiger partial charge in [0.2, 0.25) is 0 Å². The number of rotatable bonds is 4. The van der Waals surface area contributed by atoms with E-state index in [0.717, 1.165) is 6.20 Å². The lowest BCUT2D eigenvalue weighted by Gasteiger charge is -2.18. The van der Waals surface area contributed by atoms with Crippen molar-refractivity contribution in [1.29, 1.82) is 0 Å². The summed E-state index contributed by atoms with van der Waals surface area (Å²) < 4.78 is 37.7. The van der Waals surface area contributed by atoms with Crippen molar-refractivity contribution in [1.82, 2.24) is 4.98 Å². The third-order valence-electron chi connectivity index (χ3n) is 2.36. The van der Waals surface area contributed by atoms with Gasteiger partial charge in [0.1, 0.15) is 11.9 Å². The van der Waals surface area contributed by atoms with E-state index in [1.807, 2.05) is 0 Å². The molecule has 1 aromatic rings. The topological polar surface area (TPSA) is 79.4 Å². The standard InChI is InChI=1S/C10H12ClF3N2O2/c11-2-1-7(17)8(18)5-3-6(10(12,13)14)9(15)16-4-5/h3-4,7-8,17-18H,1-2H2,(H2,15,16). The second-order valence-corrected chi connectivity index (χ2v) is 4.07. The molecule has 4 nitrogen and oxygen atoms in total. The van der Waals surface area contributed by atoms with Crippen LogP contribution < -0.4 is 5.73 Å². The predicted molar refractivity (Wildman–Crippen MR) is 60.0 cm³/mol. The number of nitrogens with two attached hydrogens (primary N) is 1. The van der Waals surface area contributed by atoms with Gasteiger partial charge in [-0.2, -0.15) is 13.2 Å². The monoisotopic (exact) mass is 284 g/mol. The number of nitrogens with zero attached hydrogens (tertiary/aromatic N) is 1. The van der Waals surface area contributed by atoms with E-state index in [1.54, 1.807) is 0 Å². The van der Waals surface area contributed by atoms with Gasteiger partial charge in [0.05, 0.1) is 11.7 Å². The number of pyridine rings is 1. The van der Waals surface area contributed by atoms with E-state index in [1.165, 1.54) is 0 Å². The number of nitrogen functional groups attached to an aromatic ring is 1. The average Bonchev–Trinajstić information content (AvgIpc) is 2.27. The first-order valence-corrected chi connectivity index (χ1v) is 5.55. The Morgan fingerprint density at radius 3 is 2.50 bits per heavy atom. The van der Waals surface area contributed by atoms with Crippen LogP contribution >= 0.6 is 11.6 Å². The van der Waals surface area contributed by atoms with Crippen molar-refractivity contribution in [2.45, 2.75) is 24.8 Å². The lowest BCUT2D eigenvalue weighted by molar-refractivity contribution is -0.137. The van der Waals surface area contributed by atoms with E-state index in [2.05, 4.69) is 4.98 Å². The fraction of sp³-hybridized carbons (Fsp3) is 0.500. The van der Waals surface area contributed by atoms with Crippen LogP contribution in [0.3, 0.4) is 0 Å². The molecule has 4 N–H and O–H groups in total. The summed E-state index contributed by atoms with van der Waals surface area (Å²) in [6.45, 7) is 0. The highest BCUT2D eigenvalue weighted by atomic mass is 35.5. The van der Waals surface area contributed by atoms with Crippen LogP contribution in [-0.4, -0.2) is 27.2 Å². The van der Waals surface area contributed by atoms with Crippen LogP contribution in [0, 0.1) is 0 Å². The molecule has 0 fully saturated rings. The molecule has 0 bridgehead atoms. The van der Waals surface area contributed by atoms with Gasteiger partial charge in [-0.3, -0.25) is 0 Å². The minimum absolute atomic E-state index is 0.0500. The van der Waals surface area contributed by atoms with Gasteiger partial charge in [0, 0.05) is 17.6 Å². The fourth-order valence-electron chi connectivity index (χ4n) is 1.37.